The molecule has 0 atom stereocenters. The van der Waals surface area contributed by atoms with Crippen molar-refractivity contribution >= 4 is 5.91 Å². The summed E-state index contributed by atoms with van der Waals surface area (Å²) in [6.45, 7) is 6.04. The van der Waals surface area contributed by atoms with Gasteiger partial charge < -0.3 is 19.3 Å². The smallest absolute Gasteiger partial charge is 0.258 e. The fourth-order valence-electron chi connectivity index (χ4n) is 2.58. The highest BCUT2D eigenvalue weighted by atomic mass is 16.5. The van der Waals surface area contributed by atoms with E-state index in [0.717, 1.165) is 11.1 Å². The maximum atomic E-state index is 11.8. The fourth-order valence-corrected chi connectivity index (χ4v) is 2.58. The third-order valence-electron chi connectivity index (χ3n) is 3.76. The lowest BCUT2D eigenvalue weighted by atomic mass is 10.2. The predicted molar refractivity (Wildman–Crippen MR) is 105 cm³/mol. The summed E-state index contributed by atoms with van der Waals surface area (Å²) in [5.41, 5.74) is 1.58. The average Bonchev–Trinajstić information content (AvgIpc) is 3.17. The molecule has 0 aliphatic heterocycles. The zero-order valence-electron chi connectivity index (χ0n) is 16.1. The van der Waals surface area contributed by atoms with E-state index in [4.69, 9.17) is 14.0 Å². The lowest BCUT2D eigenvalue weighted by Gasteiger charge is -2.13. The van der Waals surface area contributed by atoms with Crippen LogP contribution in [0.4, 0.5) is 0 Å². The summed E-state index contributed by atoms with van der Waals surface area (Å²) in [5.74, 6) is 1.70. The Morgan fingerprint density at radius 3 is 2.57 bits per heavy atom. The molecule has 0 aliphatic carbocycles. The number of ether oxygens (including phenoxy) is 2. The molecule has 146 valence electrons. The largest absolute Gasteiger partial charge is 0.490 e. The first-order valence-electron chi connectivity index (χ1n) is 9.15. The molecular formula is C21H23N3O4. The molecule has 0 spiro atoms. The molecule has 0 bridgehead atoms. The van der Waals surface area contributed by atoms with Crippen LogP contribution in [-0.4, -0.2) is 35.3 Å². The number of hydrogen-bond donors (Lipinski definition) is 1. The Labute approximate surface area is 163 Å². The Balaban J connectivity index is 1.79. The van der Waals surface area contributed by atoms with Gasteiger partial charge in [-0.2, -0.15) is 4.98 Å². The highest BCUT2D eigenvalue weighted by molar-refractivity contribution is 5.78. The molecule has 1 aromatic heterocycles. The molecule has 0 fully saturated rings. The molecule has 2 aromatic carbocycles. The minimum absolute atomic E-state index is 0.0573. The SMILES string of the molecule is CCOc1cc(-c2noc(-c3ccccc3)n2)ccc1OCC(=O)NC(C)C. The topological polar surface area (TPSA) is 86.5 Å². The van der Waals surface area contributed by atoms with Crippen LogP contribution in [0.25, 0.3) is 22.8 Å². The fraction of sp³-hybridized carbons (Fsp3) is 0.286. The van der Waals surface area contributed by atoms with E-state index in [9.17, 15) is 4.79 Å². The van der Waals surface area contributed by atoms with Crippen LogP contribution >= 0.6 is 0 Å². The van der Waals surface area contributed by atoms with Crippen molar-refractivity contribution in [1.82, 2.24) is 15.5 Å². The summed E-state index contributed by atoms with van der Waals surface area (Å²) >= 11 is 0. The summed E-state index contributed by atoms with van der Waals surface area (Å²) in [6, 6.07) is 14.9. The van der Waals surface area contributed by atoms with Crippen molar-refractivity contribution in [3.05, 3.63) is 48.5 Å². The number of benzene rings is 2. The molecule has 0 saturated heterocycles. The first kappa shape index (κ1) is 19.4. The molecule has 1 amide bonds. The van der Waals surface area contributed by atoms with Crippen LogP contribution < -0.4 is 14.8 Å². The summed E-state index contributed by atoms with van der Waals surface area (Å²) in [6.07, 6.45) is 0. The van der Waals surface area contributed by atoms with Crippen LogP contribution in [0.3, 0.4) is 0 Å². The van der Waals surface area contributed by atoms with Gasteiger partial charge in [0.1, 0.15) is 0 Å². The summed E-state index contributed by atoms with van der Waals surface area (Å²) in [7, 11) is 0. The van der Waals surface area contributed by atoms with Gasteiger partial charge in [0.2, 0.25) is 5.82 Å². The highest BCUT2D eigenvalue weighted by Crippen LogP contribution is 2.32. The van der Waals surface area contributed by atoms with E-state index >= 15 is 0 Å². The van der Waals surface area contributed by atoms with Gasteiger partial charge in [-0.15, -0.1) is 0 Å². The second-order valence-corrected chi connectivity index (χ2v) is 6.39. The van der Waals surface area contributed by atoms with Gasteiger partial charge >= 0.3 is 0 Å². The van der Waals surface area contributed by atoms with Gasteiger partial charge in [-0.3, -0.25) is 4.79 Å². The second-order valence-electron chi connectivity index (χ2n) is 6.39. The number of aromatic nitrogens is 2. The zero-order chi connectivity index (χ0) is 19.9. The minimum Gasteiger partial charge on any atom is -0.490 e. The lowest BCUT2D eigenvalue weighted by molar-refractivity contribution is -0.123. The number of rotatable bonds is 8. The number of hydrogen-bond acceptors (Lipinski definition) is 6. The molecular weight excluding hydrogens is 358 g/mol. The van der Waals surface area contributed by atoms with Gasteiger partial charge in [0.15, 0.2) is 18.1 Å². The van der Waals surface area contributed by atoms with Crippen LogP contribution in [0.2, 0.25) is 0 Å². The summed E-state index contributed by atoms with van der Waals surface area (Å²) in [4.78, 5) is 16.3. The molecule has 28 heavy (non-hydrogen) atoms. The number of carbonyl (C=O) groups excluding carboxylic acids is 1. The number of nitrogens with zero attached hydrogens (tertiary/aromatic N) is 2. The third kappa shape index (κ3) is 4.88. The van der Waals surface area contributed by atoms with Gasteiger partial charge in [-0.1, -0.05) is 23.4 Å². The Morgan fingerprint density at radius 2 is 1.86 bits per heavy atom. The zero-order valence-corrected chi connectivity index (χ0v) is 16.1. The normalized spacial score (nSPS) is 10.7. The molecule has 0 saturated carbocycles. The average molecular weight is 381 g/mol. The summed E-state index contributed by atoms with van der Waals surface area (Å²) in [5, 5.41) is 6.84. The predicted octanol–water partition coefficient (Wildman–Crippen LogP) is 3.71. The maximum absolute atomic E-state index is 11.8. The van der Waals surface area contributed by atoms with Crippen molar-refractivity contribution in [1.29, 1.82) is 0 Å². The third-order valence-corrected chi connectivity index (χ3v) is 3.76. The van der Waals surface area contributed by atoms with Gasteiger partial charge in [0, 0.05) is 17.2 Å². The van der Waals surface area contributed by atoms with E-state index in [-0.39, 0.29) is 18.6 Å². The molecule has 0 aliphatic rings. The van der Waals surface area contributed by atoms with E-state index < -0.39 is 0 Å². The van der Waals surface area contributed by atoms with Crippen LogP contribution in [0.15, 0.2) is 53.1 Å². The monoisotopic (exact) mass is 381 g/mol. The Hall–Kier alpha value is -3.35. The van der Waals surface area contributed by atoms with Crippen molar-refractivity contribution < 1.29 is 18.8 Å². The molecule has 1 heterocycles. The van der Waals surface area contributed by atoms with Gasteiger partial charge in [-0.05, 0) is 51.1 Å². The Morgan fingerprint density at radius 1 is 1.07 bits per heavy atom. The van der Waals surface area contributed by atoms with Crippen LogP contribution in [0.1, 0.15) is 20.8 Å². The molecule has 7 nitrogen and oxygen atoms in total. The van der Waals surface area contributed by atoms with Crippen LogP contribution in [0.5, 0.6) is 11.5 Å². The van der Waals surface area contributed by atoms with E-state index in [2.05, 4.69) is 15.5 Å². The minimum atomic E-state index is -0.188. The second kappa shape index (κ2) is 9.03. The van der Waals surface area contributed by atoms with Crippen molar-refractivity contribution in [3.8, 4) is 34.3 Å². The first-order chi connectivity index (χ1) is 13.6. The van der Waals surface area contributed by atoms with Crippen molar-refractivity contribution in [2.24, 2.45) is 0 Å². The number of amides is 1. The quantitative estimate of drug-likeness (QED) is 0.640. The number of carbonyl (C=O) groups is 1. The van der Waals surface area contributed by atoms with Gasteiger partial charge in [-0.25, -0.2) is 0 Å². The van der Waals surface area contributed by atoms with E-state index in [0.29, 0.717) is 29.8 Å². The van der Waals surface area contributed by atoms with Crippen LogP contribution in [0, 0.1) is 0 Å². The number of nitrogens with one attached hydrogen (secondary N) is 1. The van der Waals surface area contributed by atoms with Crippen molar-refractivity contribution in [2.75, 3.05) is 13.2 Å². The van der Waals surface area contributed by atoms with Crippen LogP contribution in [-0.2, 0) is 4.79 Å². The molecule has 0 unspecified atom stereocenters. The van der Waals surface area contributed by atoms with E-state index in [1.165, 1.54) is 0 Å². The molecule has 3 aromatic rings. The Kier molecular flexibility index (Phi) is 6.26. The highest BCUT2D eigenvalue weighted by Gasteiger charge is 2.14. The van der Waals surface area contributed by atoms with E-state index in [1.54, 1.807) is 18.2 Å². The van der Waals surface area contributed by atoms with Crippen molar-refractivity contribution in [3.63, 3.8) is 0 Å². The Bertz CT molecular complexity index is 922. The van der Waals surface area contributed by atoms with Gasteiger partial charge in [0.25, 0.3) is 11.8 Å². The van der Waals surface area contributed by atoms with E-state index in [1.807, 2.05) is 51.1 Å². The molecule has 7 heteroatoms. The molecule has 1 N–H and O–H groups in total. The first-order valence-corrected chi connectivity index (χ1v) is 9.15. The standard InChI is InChI=1S/C21H23N3O4/c1-4-26-18-12-16(10-11-17(18)27-13-19(25)22-14(2)3)20-23-21(28-24-20)15-8-6-5-7-9-15/h5-12,14H,4,13H2,1-3H3,(H,22,25). The summed E-state index contributed by atoms with van der Waals surface area (Å²) < 4.78 is 16.6. The maximum Gasteiger partial charge on any atom is 0.258 e. The lowest BCUT2D eigenvalue weighted by Crippen LogP contribution is -2.34. The molecule has 3 rings (SSSR count). The van der Waals surface area contributed by atoms with Crippen molar-refractivity contribution in [2.45, 2.75) is 26.8 Å². The van der Waals surface area contributed by atoms with Gasteiger partial charge in [0.05, 0.1) is 6.61 Å². The molecule has 0 radical (unpaired) electrons.